The molecule has 1 unspecified atom stereocenters. The molecule has 1 atom stereocenters. The van der Waals surface area contributed by atoms with Gasteiger partial charge in [0.25, 0.3) is 0 Å². The summed E-state index contributed by atoms with van der Waals surface area (Å²) in [7, 11) is 0. The maximum Gasteiger partial charge on any atom is 0.240 e. The average Bonchev–Trinajstić information content (AvgIpc) is 2.30. The second kappa shape index (κ2) is 5.77. The molecule has 2 N–H and O–H groups in total. The van der Waals surface area contributed by atoms with Crippen molar-refractivity contribution in [3.8, 4) is 0 Å². The molecule has 0 aliphatic rings. The van der Waals surface area contributed by atoms with Gasteiger partial charge in [-0.2, -0.15) is 0 Å². The zero-order valence-corrected chi connectivity index (χ0v) is 10.9. The number of amides is 1. The summed E-state index contributed by atoms with van der Waals surface area (Å²) in [6, 6.07) is 5.60. The Balaban J connectivity index is 2.63. The molecule has 0 saturated carbocycles. The Kier molecular flexibility index (Phi) is 4.63. The van der Waals surface area contributed by atoms with Crippen LogP contribution >= 0.6 is 0 Å². The Morgan fingerprint density at radius 3 is 2.71 bits per heavy atom. The molecule has 0 spiro atoms. The van der Waals surface area contributed by atoms with Crippen molar-refractivity contribution in [2.24, 2.45) is 0 Å². The smallest absolute Gasteiger partial charge is 0.240 e. The summed E-state index contributed by atoms with van der Waals surface area (Å²) < 4.78 is 0. The van der Waals surface area contributed by atoms with E-state index in [0.29, 0.717) is 0 Å². The predicted molar refractivity (Wildman–Crippen MR) is 68.6 cm³/mol. The molecule has 0 aliphatic carbocycles. The highest BCUT2D eigenvalue weighted by atomic mass is 16.2. The average molecular weight is 235 g/mol. The van der Waals surface area contributed by atoms with Crippen LogP contribution in [0.5, 0.6) is 0 Å². The Labute approximate surface area is 103 Å². The normalized spacial score (nSPS) is 13.2. The van der Waals surface area contributed by atoms with Gasteiger partial charge in [0.05, 0.1) is 17.3 Å². The first-order valence-corrected chi connectivity index (χ1v) is 5.94. The molecule has 4 heteroatoms. The first kappa shape index (κ1) is 13.6. The van der Waals surface area contributed by atoms with Gasteiger partial charge in [-0.15, -0.1) is 0 Å². The van der Waals surface area contributed by atoms with E-state index in [1.807, 2.05) is 45.9 Å². The number of hydrogen-bond acceptors (Lipinski definition) is 3. The third kappa shape index (κ3) is 3.82. The molecule has 0 radical (unpaired) electrons. The van der Waals surface area contributed by atoms with Gasteiger partial charge in [-0.3, -0.25) is 9.78 Å². The lowest BCUT2D eigenvalue weighted by atomic mass is 10.0. The minimum absolute atomic E-state index is 0.0162. The standard InChI is InChI=1S/C13H21N3O/c1-5-15-13(3,4)12(17)16-10(2)11-8-6-7-9-14-11/h6-10,15H,5H2,1-4H3,(H,16,17). The van der Waals surface area contributed by atoms with Gasteiger partial charge in [-0.1, -0.05) is 13.0 Å². The first-order valence-electron chi connectivity index (χ1n) is 5.94. The Hall–Kier alpha value is -1.42. The molecule has 1 amide bonds. The van der Waals surface area contributed by atoms with E-state index < -0.39 is 5.54 Å². The largest absolute Gasteiger partial charge is 0.346 e. The van der Waals surface area contributed by atoms with E-state index in [4.69, 9.17) is 0 Å². The summed E-state index contributed by atoms with van der Waals surface area (Å²) in [6.07, 6.45) is 1.73. The second-order valence-corrected chi connectivity index (χ2v) is 4.61. The van der Waals surface area contributed by atoms with Gasteiger partial charge in [-0.05, 0) is 39.4 Å². The maximum atomic E-state index is 12.0. The van der Waals surface area contributed by atoms with Gasteiger partial charge in [0.1, 0.15) is 0 Å². The second-order valence-electron chi connectivity index (χ2n) is 4.61. The van der Waals surface area contributed by atoms with Crippen molar-refractivity contribution in [2.75, 3.05) is 6.54 Å². The van der Waals surface area contributed by atoms with Crippen molar-refractivity contribution in [2.45, 2.75) is 39.3 Å². The zero-order chi connectivity index (χ0) is 12.9. The zero-order valence-electron chi connectivity index (χ0n) is 10.9. The van der Waals surface area contributed by atoms with E-state index in [-0.39, 0.29) is 11.9 Å². The topological polar surface area (TPSA) is 54.0 Å². The highest BCUT2D eigenvalue weighted by Gasteiger charge is 2.27. The van der Waals surface area contributed by atoms with Gasteiger partial charge in [0.2, 0.25) is 5.91 Å². The number of pyridine rings is 1. The van der Waals surface area contributed by atoms with E-state index in [2.05, 4.69) is 15.6 Å². The first-order chi connectivity index (χ1) is 7.97. The van der Waals surface area contributed by atoms with Crippen LogP contribution in [0, 0.1) is 0 Å². The van der Waals surface area contributed by atoms with Gasteiger partial charge in [-0.25, -0.2) is 0 Å². The van der Waals surface area contributed by atoms with Crippen molar-refractivity contribution in [1.82, 2.24) is 15.6 Å². The molecule has 0 fully saturated rings. The predicted octanol–water partition coefficient (Wildman–Crippen LogP) is 1.65. The van der Waals surface area contributed by atoms with Crippen LogP contribution in [0.2, 0.25) is 0 Å². The van der Waals surface area contributed by atoms with Crippen molar-refractivity contribution in [3.05, 3.63) is 30.1 Å². The van der Waals surface area contributed by atoms with Gasteiger partial charge in [0.15, 0.2) is 0 Å². The van der Waals surface area contributed by atoms with Crippen LogP contribution in [0.1, 0.15) is 39.4 Å². The monoisotopic (exact) mass is 235 g/mol. The van der Waals surface area contributed by atoms with E-state index in [1.54, 1.807) is 6.20 Å². The summed E-state index contributed by atoms with van der Waals surface area (Å²) in [6.45, 7) is 8.42. The van der Waals surface area contributed by atoms with Crippen molar-refractivity contribution < 1.29 is 4.79 Å². The lowest BCUT2D eigenvalue weighted by molar-refractivity contribution is -0.127. The van der Waals surface area contributed by atoms with Gasteiger partial charge in [0, 0.05) is 6.20 Å². The van der Waals surface area contributed by atoms with E-state index in [0.717, 1.165) is 12.2 Å². The molecule has 4 nitrogen and oxygen atoms in total. The molecule has 1 aromatic rings. The van der Waals surface area contributed by atoms with Crippen LogP contribution in [0.4, 0.5) is 0 Å². The lowest BCUT2D eigenvalue weighted by Gasteiger charge is -2.26. The highest BCUT2D eigenvalue weighted by molar-refractivity contribution is 5.85. The number of hydrogen-bond donors (Lipinski definition) is 2. The third-order valence-electron chi connectivity index (χ3n) is 2.67. The van der Waals surface area contributed by atoms with Crippen LogP contribution in [0.3, 0.4) is 0 Å². The Bertz CT molecular complexity index is 362. The quantitative estimate of drug-likeness (QED) is 0.816. The molecule has 0 saturated heterocycles. The van der Waals surface area contributed by atoms with E-state index >= 15 is 0 Å². The SMILES string of the molecule is CCNC(C)(C)C(=O)NC(C)c1ccccn1. The number of carbonyl (C=O) groups excluding carboxylic acids is 1. The summed E-state index contributed by atoms with van der Waals surface area (Å²) >= 11 is 0. The third-order valence-corrected chi connectivity index (χ3v) is 2.67. The fraction of sp³-hybridized carbons (Fsp3) is 0.538. The molecule has 94 valence electrons. The van der Waals surface area contributed by atoms with Gasteiger partial charge < -0.3 is 10.6 Å². The highest BCUT2D eigenvalue weighted by Crippen LogP contribution is 2.10. The number of likely N-dealkylation sites (N-methyl/N-ethyl adjacent to an activating group) is 1. The van der Waals surface area contributed by atoms with Crippen LogP contribution in [-0.4, -0.2) is 23.0 Å². The number of nitrogens with one attached hydrogen (secondary N) is 2. The Morgan fingerprint density at radius 1 is 1.47 bits per heavy atom. The number of carbonyl (C=O) groups is 1. The minimum atomic E-state index is -0.558. The molecule has 0 aliphatic heterocycles. The summed E-state index contributed by atoms with van der Waals surface area (Å²) in [5, 5.41) is 6.10. The molecule has 1 rings (SSSR count). The molecular formula is C13H21N3O. The number of aromatic nitrogens is 1. The van der Waals surface area contributed by atoms with Crippen LogP contribution in [0.15, 0.2) is 24.4 Å². The summed E-state index contributed by atoms with van der Waals surface area (Å²) in [5.41, 5.74) is 0.311. The molecule has 0 aromatic carbocycles. The van der Waals surface area contributed by atoms with Crippen LogP contribution in [-0.2, 0) is 4.79 Å². The van der Waals surface area contributed by atoms with E-state index in [9.17, 15) is 4.79 Å². The fourth-order valence-corrected chi connectivity index (χ4v) is 1.61. The molecule has 0 bridgehead atoms. The molecule has 1 heterocycles. The summed E-state index contributed by atoms with van der Waals surface area (Å²) in [5.74, 6) is -0.0162. The summed E-state index contributed by atoms with van der Waals surface area (Å²) in [4.78, 5) is 16.3. The minimum Gasteiger partial charge on any atom is -0.346 e. The van der Waals surface area contributed by atoms with Crippen molar-refractivity contribution in [3.63, 3.8) is 0 Å². The van der Waals surface area contributed by atoms with E-state index in [1.165, 1.54) is 0 Å². The van der Waals surface area contributed by atoms with Crippen LogP contribution < -0.4 is 10.6 Å². The number of rotatable bonds is 5. The fourth-order valence-electron chi connectivity index (χ4n) is 1.61. The van der Waals surface area contributed by atoms with Crippen LogP contribution in [0.25, 0.3) is 0 Å². The number of nitrogens with zero attached hydrogens (tertiary/aromatic N) is 1. The molecule has 1 aromatic heterocycles. The molecule has 17 heavy (non-hydrogen) atoms. The molecular weight excluding hydrogens is 214 g/mol. The van der Waals surface area contributed by atoms with Crippen molar-refractivity contribution in [1.29, 1.82) is 0 Å². The Morgan fingerprint density at radius 2 is 2.18 bits per heavy atom. The lowest BCUT2D eigenvalue weighted by Crippen LogP contribution is -2.53. The van der Waals surface area contributed by atoms with Gasteiger partial charge >= 0.3 is 0 Å². The maximum absolute atomic E-state index is 12.0. The van der Waals surface area contributed by atoms with Crippen molar-refractivity contribution >= 4 is 5.91 Å².